The number of Topliss-reactive ketones (excluding diaryl/α,β-unsaturated/α-hetero) is 1. The van der Waals surface area contributed by atoms with E-state index < -0.39 is 0 Å². The quantitative estimate of drug-likeness (QED) is 0.573. The number of hydrogen-bond donors (Lipinski definition) is 0. The average molecular weight is 216 g/mol. The third-order valence-electron chi connectivity index (χ3n) is 2.36. The van der Waals surface area contributed by atoms with Gasteiger partial charge in [0.2, 0.25) is 0 Å². The summed E-state index contributed by atoms with van der Waals surface area (Å²) in [5.41, 5.74) is 0.536. The predicted molar refractivity (Wildman–Crippen MR) is 53.7 cm³/mol. The van der Waals surface area contributed by atoms with Gasteiger partial charge in [-0.1, -0.05) is 6.92 Å². The molecule has 2 rings (SSSR count). The second kappa shape index (κ2) is 3.39. The number of aromatic nitrogens is 1. The van der Waals surface area contributed by atoms with Crippen LogP contribution in [0.3, 0.4) is 0 Å². The molecule has 4 heteroatoms. The maximum Gasteiger partial charge on any atom is 0.196 e. The number of halogens is 1. The highest BCUT2D eigenvalue weighted by Crippen LogP contribution is 2.47. The maximum absolute atomic E-state index is 11.2. The van der Waals surface area contributed by atoms with Crippen molar-refractivity contribution in [2.45, 2.75) is 19.3 Å². The minimum atomic E-state index is -0.0718. The van der Waals surface area contributed by atoms with E-state index in [0.29, 0.717) is 11.6 Å². The van der Waals surface area contributed by atoms with Crippen molar-refractivity contribution in [3.63, 3.8) is 0 Å². The fourth-order valence-corrected chi connectivity index (χ4v) is 2.53. The van der Waals surface area contributed by atoms with Gasteiger partial charge in [-0.05, 0) is 12.3 Å². The van der Waals surface area contributed by atoms with Gasteiger partial charge in [0, 0.05) is 11.3 Å². The molecular formula is C9H10ClNOS. The lowest BCUT2D eigenvalue weighted by Gasteiger charge is -1.89. The van der Waals surface area contributed by atoms with Crippen LogP contribution in [-0.2, 0) is 0 Å². The highest BCUT2D eigenvalue weighted by molar-refractivity contribution is 7.10. The Hall–Kier alpha value is -0.410. The first kappa shape index (κ1) is 9.16. The molecule has 2 nitrogen and oxygen atoms in total. The molecule has 1 aromatic rings. The van der Waals surface area contributed by atoms with Gasteiger partial charge in [0.25, 0.3) is 0 Å². The van der Waals surface area contributed by atoms with E-state index in [1.807, 2.05) is 5.38 Å². The van der Waals surface area contributed by atoms with Crippen molar-refractivity contribution in [1.82, 2.24) is 4.98 Å². The topological polar surface area (TPSA) is 30.0 Å². The second-order valence-corrected chi connectivity index (χ2v) is 4.60. The van der Waals surface area contributed by atoms with Crippen LogP contribution in [-0.4, -0.2) is 16.6 Å². The Bertz CT molecular complexity index is 336. The molecule has 1 heterocycles. The largest absolute Gasteiger partial charge is 0.291 e. The maximum atomic E-state index is 11.2. The van der Waals surface area contributed by atoms with Crippen molar-refractivity contribution in [3.05, 3.63) is 16.1 Å². The Kier molecular flexibility index (Phi) is 2.39. The molecule has 2 atom stereocenters. The Balaban J connectivity index is 2.14. The van der Waals surface area contributed by atoms with Gasteiger partial charge < -0.3 is 0 Å². The normalized spacial score (nSPS) is 26.0. The zero-order valence-electron chi connectivity index (χ0n) is 7.29. The molecule has 70 valence electrons. The van der Waals surface area contributed by atoms with Crippen LogP contribution in [0, 0.1) is 5.92 Å². The van der Waals surface area contributed by atoms with E-state index in [2.05, 4.69) is 11.9 Å². The fourth-order valence-electron chi connectivity index (χ4n) is 1.32. The number of nitrogens with zero attached hydrogens (tertiary/aromatic N) is 1. The van der Waals surface area contributed by atoms with Crippen LogP contribution in [0.25, 0.3) is 0 Å². The van der Waals surface area contributed by atoms with Crippen LogP contribution in [0.5, 0.6) is 0 Å². The smallest absolute Gasteiger partial charge is 0.196 e. The van der Waals surface area contributed by atoms with Crippen LogP contribution in [0.1, 0.15) is 34.8 Å². The number of ketones is 1. The van der Waals surface area contributed by atoms with Crippen molar-refractivity contribution in [3.8, 4) is 0 Å². The van der Waals surface area contributed by atoms with Crippen LogP contribution in [0.15, 0.2) is 5.38 Å². The number of hydrogen-bond acceptors (Lipinski definition) is 3. The zero-order valence-corrected chi connectivity index (χ0v) is 8.86. The first-order valence-electron chi connectivity index (χ1n) is 4.27. The van der Waals surface area contributed by atoms with Crippen LogP contribution >= 0.6 is 22.9 Å². The molecule has 0 saturated heterocycles. The molecule has 0 spiro atoms. The molecule has 0 aliphatic heterocycles. The molecular weight excluding hydrogens is 206 g/mol. The highest BCUT2D eigenvalue weighted by Gasteiger charge is 2.36. The number of thiazole rings is 1. The lowest BCUT2D eigenvalue weighted by molar-refractivity contribution is 0.101. The number of rotatable bonds is 3. The number of carbonyl (C=O) groups is 1. The predicted octanol–water partition coefficient (Wildman–Crippen LogP) is 2.69. The third-order valence-corrected chi connectivity index (χ3v) is 3.58. The highest BCUT2D eigenvalue weighted by atomic mass is 35.5. The van der Waals surface area contributed by atoms with Gasteiger partial charge in [-0.3, -0.25) is 4.79 Å². The molecule has 1 fully saturated rings. The van der Waals surface area contributed by atoms with E-state index in [-0.39, 0.29) is 11.7 Å². The van der Waals surface area contributed by atoms with Crippen LogP contribution in [0.2, 0.25) is 0 Å². The average Bonchev–Trinajstić information content (AvgIpc) is 2.70. The summed E-state index contributed by atoms with van der Waals surface area (Å²) in [4.78, 5) is 15.4. The monoisotopic (exact) mass is 215 g/mol. The van der Waals surface area contributed by atoms with Gasteiger partial charge >= 0.3 is 0 Å². The minimum absolute atomic E-state index is 0.0311. The van der Waals surface area contributed by atoms with Gasteiger partial charge in [0.05, 0.1) is 10.9 Å². The van der Waals surface area contributed by atoms with Gasteiger partial charge in [0.15, 0.2) is 5.78 Å². The van der Waals surface area contributed by atoms with E-state index in [1.54, 1.807) is 11.3 Å². The Labute approximate surface area is 85.9 Å². The Morgan fingerprint density at radius 3 is 3.08 bits per heavy atom. The summed E-state index contributed by atoms with van der Waals surface area (Å²) in [6.45, 7) is 2.20. The zero-order chi connectivity index (χ0) is 9.42. The molecule has 13 heavy (non-hydrogen) atoms. The van der Waals surface area contributed by atoms with Crippen molar-refractivity contribution in [2.75, 3.05) is 5.88 Å². The van der Waals surface area contributed by atoms with Crippen LogP contribution in [0.4, 0.5) is 0 Å². The van der Waals surface area contributed by atoms with Crippen molar-refractivity contribution in [2.24, 2.45) is 5.92 Å². The molecule has 1 saturated carbocycles. The molecule has 1 aliphatic rings. The Morgan fingerprint density at radius 2 is 2.54 bits per heavy atom. The minimum Gasteiger partial charge on any atom is -0.291 e. The van der Waals surface area contributed by atoms with E-state index in [9.17, 15) is 4.79 Å². The van der Waals surface area contributed by atoms with Gasteiger partial charge in [-0.15, -0.1) is 22.9 Å². The van der Waals surface area contributed by atoms with E-state index in [1.165, 1.54) is 6.42 Å². The molecule has 0 N–H and O–H groups in total. The van der Waals surface area contributed by atoms with Gasteiger partial charge in [-0.25, -0.2) is 4.98 Å². The fraction of sp³-hybridized carbons (Fsp3) is 0.556. The summed E-state index contributed by atoms with van der Waals surface area (Å²) in [6, 6.07) is 0. The molecule has 0 aromatic carbocycles. The van der Waals surface area contributed by atoms with Crippen LogP contribution < -0.4 is 0 Å². The first-order valence-corrected chi connectivity index (χ1v) is 5.68. The summed E-state index contributed by atoms with van der Waals surface area (Å²) >= 11 is 7.01. The number of alkyl halides is 1. The third kappa shape index (κ3) is 1.76. The molecule has 2 unspecified atom stereocenters. The first-order chi connectivity index (χ1) is 6.22. The standard InChI is InChI=1S/C9H10ClNOS/c1-5-2-6(5)9-11-7(4-13-9)8(12)3-10/h4-6H,2-3H2,1H3. The summed E-state index contributed by atoms with van der Waals surface area (Å²) in [5.74, 6) is 1.30. The number of carbonyl (C=O) groups excluding carboxylic acids is 1. The second-order valence-electron chi connectivity index (χ2n) is 3.45. The van der Waals surface area contributed by atoms with Crippen molar-refractivity contribution < 1.29 is 4.79 Å². The molecule has 0 bridgehead atoms. The molecule has 1 aliphatic carbocycles. The molecule has 1 aromatic heterocycles. The summed E-state index contributed by atoms with van der Waals surface area (Å²) < 4.78 is 0. The molecule has 0 radical (unpaired) electrons. The Morgan fingerprint density at radius 1 is 1.85 bits per heavy atom. The lowest BCUT2D eigenvalue weighted by Crippen LogP contribution is -2.00. The van der Waals surface area contributed by atoms with E-state index in [4.69, 9.17) is 11.6 Å². The van der Waals surface area contributed by atoms with Crippen molar-refractivity contribution >= 4 is 28.7 Å². The van der Waals surface area contributed by atoms with E-state index >= 15 is 0 Å². The molecule has 0 amide bonds. The van der Waals surface area contributed by atoms with Gasteiger partial charge in [0.1, 0.15) is 5.69 Å². The summed E-state index contributed by atoms with van der Waals surface area (Å²) in [7, 11) is 0. The summed E-state index contributed by atoms with van der Waals surface area (Å²) in [6.07, 6.45) is 1.21. The van der Waals surface area contributed by atoms with Crippen molar-refractivity contribution in [1.29, 1.82) is 0 Å². The summed E-state index contributed by atoms with van der Waals surface area (Å²) in [5, 5.41) is 2.91. The lowest BCUT2D eigenvalue weighted by atomic mass is 10.3. The van der Waals surface area contributed by atoms with Gasteiger partial charge in [-0.2, -0.15) is 0 Å². The SMILES string of the molecule is CC1CC1c1nc(C(=O)CCl)cs1. The van der Waals surface area contributed by atoms with E-state index in [0.717, 1.165) is 10.9 Å².